The monoisotopic (exact) mass is 114 g/mol. The quantitative estimate of drug-likeness (QED) is 0.350. The summed E-state index contributed by atoms with van der Waals surface area (Å²) in [5.41, 5.74) is 4.75. The van der Waals surface area contributed by atoms with E-state index in [0.717, 1.165) is 0 Å². The van der Waals surface area contributed by atoms with Crippen LogP contribution in [0.3, 0.4) is 0 Å². The molecule has 1 aliphatic rings. The highest BCUT2D eigenvalue weighted by Gasteiger charge is 2.41. The molecule has 0 spiro atoms. The number of aliphatic hydroxyl groups excluding tert-OH is 1. The van der Waals surface area contributed by atoms with Gasteiger partial charge in [0.05, 0.1) is 0 Å². The molecule has 0 saturated heterocycles. The van der Waals surface area contributed by atoms with Gasteiger partial charge < -0.3 is 10.8 Å². The van der Waals surface area contributed by atoms with Crippen LogP contribution in [0, 0.1) is 5.41 Å². The third-order valence-corrected chi connectivity index (χ3v) is 1.20. The Hall–Kier alpha value is -0.740. The summed E-state index contributed by atoms with van der Waals surface area (Å²) in [6.07, 6.45) is -1.01. The number of hydrogen-bond acceptors (Lipinski definition) is 4. The molecule has 0 aromatic carbocycles. The number of ketones is 1. The first-order chi connectivity index (χ1) is 3.64. The second-order valence-corrected chi connectivity index (χ2v) is 1.75. The van der Waals surface area contributed by atoms with Crippen molar-refractivity contribution < 1.29 is 9.90 Å². The molecule has 1 saturated carbocycles. The van der Waals surface area contributed by atoms with Crippen LogP contribution >= 0.6 is 0 Å². The number of Topliss-reactive ketones (excluding diaryl/α,β-unsaturated/α-hetero) is 1. The largest absolute Gasteiger partial charge is 0.385 e. The minimum Gasteiger partial charge on any atom is -0.385 e. The summed E-state index contributed by atoms with van der Waals surface area (Å²) in [4.78, 5) is 10.3. The first kappa shape index (κ1) is 5.40. The predicted octanol–water partition coefficient (Wildman–Crippen LogP) is -1.72. The van der Waals surface area contributed by atoms with Crippen molar-refractivity contribution in [3.63, 3.8) is 0 Å². The summed E-state index contributed by atoms with van der Waals surface area (Å²) in [6, 6.07) is -0.831. The molecule has 4 N–H and O–H groups in total. The van der Waals surface area contributed by atoms with Gasteiger partial charge in [0, 0.05) is 0 Å². The van der Waals surface area contributed by atoms with Crippen molar-refractivity contribution in [3.8, 4) is 0 Å². The van der Waals surface area contributed by atoms with E-state index >= 15 is 0 Å². The predicted molar refractivity (Wildman–Crippen MR) is 26.7 cm³/mol. The van der Waals surface area contributed by atoms with Crippen molar-refractivity contribution in [1.82, 2.24) is 0 Å². The van der Waals surface area contributed by atoms with E-state index in [1.54, 1.807) is 0 Å². The number of hydrogen-bond donors (Lipinski definition) is 3. The topological polar surface area (TPSA) is 87.2 Å². The minimum atomic E-state index is -1.01. The molecule has 0 amide bonds. The fourth-order valence-electron chi connectivity index (χ4n) is 0.552. The van der Waals surface area contributed by atoms with Gasteiger partial charge in [0.15, 0.2) is 5.78 Å². The summed E-state index contributed by atoms with van der Waals surface area (Å²) in [5.74, 6) is -0.447. The normalized spacial score (nSPS) is 37.2. The maximum absolute atomic E-state index is 10.3. The molecule has 44 valence electrons. The zero-order valence-electron chi connectivity index (χ0n) is 4.09. The highest BCUT2D eigenvalue weighted by molar-refractivity contribution is 6.49. The lowest BCUT2D eigenvalue weighted by atomic mass is 9.86. The van der Waals surface area contributed by atoms with Crippen LogP contribution in [-0.4, -0.2) is 28.7 Å². The SMILES string of the molecule is N=C1C(=O)C(N)C1O. The van der Waals surface area contributed by atoms with Crippen LogP contribution < -0.4 is 5.73 Å². The smallest absolute Gasteiger partial charge is 0.198 e. The van der Waals surface area contributed by atoms with Crippen LogP contribution in [0.5, 0.6) is 0 Å². The second kappa shape index (κ2) is 1.37. The van der Waals surface area contributed by atoms with Crippen LogP contribution in [0.25, 0.3) is 0 Å². The van der Waals surface area contributed by atoms with Crippen LogP contribution in [0.4, 0.5) is 0 Å². The van der Waals surface area contributed by atoms with Crippen molar-refractivity contribution in [2.24, 2.45) is 5.73 Å². The molecule has 8 heavy (non-hydrogen) atoms. The van der Waals surface area contributed by atoms with Gasteiger partial charge in [0.2, 0.25) is 0 Å². The molecule has 1 fully saturated rings. The Morgan fingerprint density at radius 3 is 2.38 bits per heavy atom. The highest BCUT2D eigenvalue weighted by atomic mass is 16.3. The first-order valence-electron chi connectivity index (χ1n) is 2.21. The van der Waals surface area contributed by atoms with Gasteiger partial charge in [-0.05, 0) is 0 Å². The number of carbonyl (C=O) groups excluding carboxylic acids is 1. The maximum Gasteiger partial charge on any atom is 0.198 e. The Morgan fingerprint density at radius 2 is 2.25 bits per heavy atom. The van der Waals surface area contributed by atoms with Crippen molar-refractivity contribution in [1.29, 1.82) is 5.41 Å². The van der Waals surface area contributed by atoms with Gasteiger partial charge in [-0.25, -0.2) is 0 Å². The van der Waals surface area contributed by atoms with E-state index in [2.05, 4.69) is 0 Å². The van der Waals surface area contributed by atoms with Crippen molar-refractivity contribution in [3.05, 3.63) is 0 Å². The molecular weight excluding hydrogens is 108 g/mol. The summed E-state index contributed by atoms with van der Waals surface area (Å²) < 4.78 is 0. The molecule has 0 bridgehead atoms. The maximum atomic E-state index is 10.3. The van der Waals surface area contributed by atoms with Gasteiger partial charge in [0.25, 0.3) is 0 Å². The Morgan fingerprint density at radius 1 is 1.75 bits per heavy atom. The van der Waals surface area contributed by atoms with Gasteiger partial charge in [-0.1, -0.05) is 0 Å². The number of carbonyl (C=O) groups is 1. The molecule has 0 aliphatic heterocycles. The molecular formula is C4H6N2O2. The fourth-order valence-corrected chi connectivity index (χ4v) is 0.552. The Bertz CT molecular complexity index is 136. The van der Waals surface area contributed by atoms with Crippen molar-refractivity contribution in [2.45, 2.75) is 12.1 Å². The molecule has 4 heteroatoms. The number of nitrogens with one attached hydrogen (secondary N) is 1. The standard InChI is InChI=1S/C4H6N2O2/c5-1-3(7)2(6)4(1)8/h1,3,6-7H,5H2. The molecule has 1 rings (SSSR count). The molecule has 0 heterocycles. The van der Waals surface area contributed by atoms with Gasteiger partial charge in [-0.3, -0.25) is 10.2 Å². The molecule has 2 unspecified atom stereocenters. The third-order valence-electron chi connectivity index (χ3n) is 1.20. The van der Waals surface area contributed by atoms with E-state index in [1.807, 2.05) is 0 Å². The fraction of sp³-hybridized carbons (Fsp3) is 0.500. The number of rotatable bonds is 0. The van der Waals surface area contributed by atoms with Gasteiger partial charge in [-0.2, -0.15) is 0 Å². The Balaban J connectivity index is 2.68. The Kier molecular flexibility index (Phi) is 0.922. The van der Waals surface area contributed by atoms with Crippen molar-refractivity contribution >= 4 is 11.5 Å². The van der Waals surface area contributed by atoms with E-state index in [9.17, 15) is 4.79 Å². The molecule has 0 aromatic rings. The van der Waals surface area contributed by atoms with Crippen molar-refractivity contribution in [2.75, 3.05) is 0 Å². The van der Waals surface area contributed by atoms with E-state index in [0.29, 0.717) is 0 Å². The highest BCUT2D eigenvalue weighted by Crippen LogP contribution is 2.07. The average Bonchev–Trinajstić information content (AvgIpc) is 1.83. The van der Waals surface area contributed by atoms with E-state index < -0.39 is 17.9 Å². The lowest BCUT2D eigenvalue weighted by Crippen LogP contribution is -2.61. The van der Waals surface area contributed by atoms with Crippen LogP contribution in [0.15, 0.2) is 0 Å². The molecule has 0 aromatic heterocycles. The van der Waals surface area contributed by atoms with Crippen LogP contribution in [-0.2, 0) is 4.79 Å². The molecule has 0 radical (unpaired) electrons. The zero-order chi connectivity index (χ0) is 6.31. The summed E-state index contributed by atoms with van der Waals surface area (Å²) in [5, 5.41) is 15.3. The van der Waals surface area contributed by atoms with Gasteiger partial charge in [-0.15, -0.1) is 0 Å². The van der Waals surface area contributed by atoms with E-state index in [-0.39, 0.29) is 5.71 Å². The minimum absolute atomic E-state index is 0.266. The second-order valence-electron chi connectivity index (χ2n) is 1.75. The lowest BCUT2D eigenvalue weighted by molar-refractivity contribution is -0.119. The molecule has 1 aliphatic carbocycles. The molecule has 2 atom stereocenters. The van der Waals surface area contributed by atoms with Crippen LogP contribution in [0.2, 0.25) is 0 Å². The number of nitrogens with two attached hydrogens (primary N) is 1. The average molecular weight is 114 g/mol. The van der Waals surface area contributed by atoms with E-state index in [1.165, 1.54) is 0 Å². The summed E-state index contributed by atoms with van der Waals surface area (Å²) in [6.45, 7) is 0. The summed E-state index contributed by atoms with van der Waals surface area (Å²) >= 11 is 0. The Labute approximate surface area is 45.8 Å². The zero-order valence-corrected chi connectivity index (χ0v) is 4.09. The van der Waals surface area contributed by atoms with E-state index in [4.69, 9.17) is 16.2 Å². The first-order valence-corrected chi connectivity index (χ1v) is 2.21. The molecule has 4 nitrogen and oxygen atoms in total. The number of aliphatic hydroxyl groups is 1. The third kappa shape index (κ3) is 0.410. The van der Waals surface area contributed by atoms with Crippen LogP contribution in [0.1, 0.15) is 0 Å². The lowest BCUT2D eigenvalue weighted by Gasteiger charge is -2.27. The van der Waals surface area contributed by atoms with Gasteiger partial charge in [0.1, 0.15) is 17.9 Å². The summed E-state index contributed by atoms with van der Waals surface area (Å²) in [7, 11) is 0. The van der Waals surface area contributed by atoms with Gasteiger partial charge >= 0.3 is 0 Å².